The van der Waals surface area contributed by atoms with Gasteiger partial charge in [0.1, 0.15) is 24.3 Å². The lowest BCUT2D eigenvalue weighted by Gasteiger charge is -2.31. The molecule has 2 rings (SSSR count). The molecule has 116 valence electrons. The SMILES string of the molecule is CCOC(=O)CN1CCOC(COc2cccc(F)c2)C1. The van der Waals surface area contributed by atoms with E-state index in [1.165, 1.54) is 12.1 Å². The molecule has 1 heterocycles. The minimum atomic E-state index is -0.332. The van der Waals surface area contributed by atoms with Crippen molar-refractivity contribution in [1.29, 1.82) is 0 Å². The van der Waals surface area contributed by atoms with Gasteiger partial charge in [-0.1, -0.05) is 6.07 Å². The van der Waals surface area contributed by atoms with Crippen LogP contribution < -0.4 is 4.74 Å². The molecule has 1 saturated heterocycles. The van der Waals surface area contributed by atoms with Gasteiger partial charge in [-0.3, -0.25) is 9.69 Å². The first kappa shape index (κ1) is 15.7. The lowest BCUT2D eigenvalue weighted by atomic mass is 10.3. The summed E-state index contributed by atoms with van der Waals surface area (Å²) in [4.78, 5) is 13.4. The van der Waals surface area contributed by atoms with Crippen molar-refractivity contribution in [2.24, 2.45) is 0 Å². The second-order valence-electron chi connectivity index (χ2n) is 4.80. The molecule has 0 radical (unpaired) electrons. The van der Waals surface area contributed by atoms with Crippen LogP contribution in [0.3, 0.4) is 0 Å². The minimum absolute atomic E-state index is 0.142. The number of nitrogens with zero attached hydrogens (tertiary/aromatic N) is 1. The fourth-order valence-corrected chi connectivity index (χ4v) is 2.16. The normalized spacial score (nSPS) is 19.2. The number of hydrogen-bond acceptors (Lipinski definition) is 5. The molecule has 1 unspecified atom stereocenters. The molecular formula is C15H20FNO4. The molecule has 1 aliphatic rings. The molecule has 1 aromatic carbocycles. The van der Waals surface area contributed by atoms with Gasteiger partial charge >= 0.3 is 5.97 Å². The van der Waals surface area contributed by atoms with Gasteiger partial charge in [0, 0.05) is 19.2 Å². The van der Waals surface area contributed by atoms with E-state index in [9.17, 15) is 9.18 Å². The standard InChI is InChI=1S/C15H20FNO4/c1-2-19-15(18)10-17-6-7-20-14(9-17)11-21-13-5-3-4-12(16)8-13/h3-5,8,14H,2,6-7,9-11H2,1H3. The smallest absolute Gasteiger partial charge is 0.320 e. The Labute approximate surface area is 123 Å². The van der Waals surface area contributed by atoms with Crippen LogP contribution >= 0.6 is 0 Å². The number of benzene rings is 1. The lowest BCUT2D eigenvalue weighted by Crippen LogP contribution is -2.47. The van der Waals surface area contributed by atoms with E-state index in [0.29, 0.717) is 38.7 Å². The Bertz CT molecular complexity index is 469. The molecule has 1 fully saturated rings. The fraction of sp³-hybridized carbons (Fsp3) is 0.533. The molecule has 1 aliphatic heterocycles. The molecule has 0 spiro atoms. The molecule has 0 aromatic heterocycles. The predicted molar refractivity (Wildman–Crippen MR) is 74.7 cm³/mol. The first-order valence-corrected chi connectivity index (χ1v) is 7.05. The summed E-state index contributed by atoms with van der Waals surface area (Å²) >= 11 is 0. The van der Waals surface area contributed by atoms with E-state index < -0.39 is 0 Å². The molecule has 1 atom stereocenters. The molecule has 0 amide bonds. The van der Waals surface area contributed by atoms with Crippen molar-refractivity contribution in [3.8, 4) is 5.75 Å². The van der Waals surface area contributed by atoms with Gasteiger partial charge in [-0.15, -0.1) is 0 Å². The summed E-state index contributed by atoms with van der Waals surface area (Å²) in [6, 6.07) is 5.99. The fourth-order valence-electron chi connectivity index (χ4n) is 2.16. The van der Waals surface area contributed by atoms with E-state index in [4.69, 9.17) is 14.2 Å². The van der Waals surface area contributed by atoms with Crippen LogP contribution in [0, 0.1) is 5.82 Å². The molecule has 0 bridgehead atoms. The Kier molecular flexibility index (Phi) is 5.95. The average Bonchev–Trinajstić information content (AvgIpc) is 2.46. The number of morpholine rings is 1. The van der Waals surface area contributed by atoms with Gasteiger partial charge in [0.05, 0.1) is 19.8 Å². The molecule has 6 heteroatoms. The largest absolute Gasteiger partial charge is 0.491 e. The van der Waals surface area contributed by atoms with Crippen molar-refractivity contribution in [2.75, 3.05) is 39.5 Å². The lowest BCUT2D eigenvalue weighted by molar-refractivity contribution is -0.146. The highest BCUT2D eigenvalue weighted by Crippen LogP contribution is 2.14. The van der Waals surface area contributed by atoms with Crippen LogP contribution in [0.5, 0.6) is 5.75 Å². The maximum absolute atomic E-state index is 13.0. The zero-order valence-corrected chi connectivity index (χ0v) is 12.1. The van der Waals surface area contributed by atoms with E-state index in [1.807, 2.05) is 4.90 Å². The van der Waals surface area contributed by atoms with E-state index in [2.05, 4.69) is 0 Å². The molecule has 0 aliphatic carbocycles. The van der Waals surface area contributed by atoms with Crippen LogP contribution in [-0.2, 0) is 14.3 Å². The van der Waals surface area contributed by atoms with E-state index in [0.717, 1.165) is 0 Å². The highest BCUT2D eigenvalue weighted by atomic mass is 19.1. The minimum Gasteiger partial charge on any atom is -0.491 e. The van der Waals surface area contributed by atoms with Gasteiger partial charge in [-0.2, -0.15) is 0 Å². The highest BCUT2D eigenvalue weighted by molar-refractivity contribution is 5.71. The van der Waals surface area contributed by atoms with Crippen LogP contribution in [0.1, 0.15) is 6.92 Å². The van der Waals surface area contributed by atoms with Crippen LogP contribution in [-0.4, -0.2) is 56.4 Å². The summed E-state index contributed by atoms with van der Waals surface area (Å²) in [7, 11) is 0. The third-order valence-electron chi connectivity index (χ3n) is 3.11. The van der Waals surface area contributed by atoms with Crippen molar-refractivity contribution in [1.82, 2.24) is 4.90 Å². The number of halogens is 1. The van der Waals surface area contributed by atoms with Gasteiger partial charge in [-0.05, 0) is 19.1 Å². The molecule has 0 saturated carbocycles. The molecule has 1 aromatic rings. The molecule has 21 heavy (non-hydrogen) atoms. The third kappa shape index (κ3) is 5.32. The Morgan fingerprint density at radius 2 is 2.38 bits per heavy atom. The Morgan fingerprint density at radius 3 is 3.14 bits per heavy atom. The van der Waals surface area contributed by atoms with Crippen molar-refractivity contribution < 1.29 is 23.4 Å². The molecule has 0 N–H and O–H groups in total. The summed E-state index contributed by atoms with van der Waals surface area (Å²) in [6.45, 7) is 4.57. The Morgan fingerprint density at radius 1 is 1.52 bits per heavy atom. The van der Waals surface area contributed by atoms with Gasteiger partial charge in [-0.25, -0.2) is 4.39 Å². The first-order valence-electron chi connectivity index (χ1n) is 7.05. The first-order chi connectivity index (χ1) is 10.2. The van der Waals surface area contributed by atoms with E-state index >= 15 is 0 Å². The van der Waals surface area contributed by atoms with Crippen molar-refractivity contribution in [3.05, 3.63) is 30.1 Å². The zero-order valence-electron chi connectivity index (χ0n) is 12.1. The molecule has 5 nitrogen and oxygen atoms in total. The Hall–Kier alpha value is -1.66. The average molecular weight is 297 g/mol. The van der Waals surface area contributed by atoms with Gasteiger partial charge < -0.3 is 14.2 Å². The van der Waals surface area contributed by atoms with Crippen LogP contribution in [0.2, 0.25) is 0 Å². The van der Waals surface area contributed by atoms with Gasteiger partial charge in [0.25, 0.3) is 0 Å². The number of rotatable bonds is 6. The third-order valence-corrected chi connectivity index (χ3v) is 3.11. The molecular weight excluding hydrogens is 277 g/mol. The van der Waals surface area contributed by atoms with Gasteiger partial charge in [0.15, 0.2) is 0 Å². The second-order valence-corrected chi connectivity index (χ2v) is 4.80. The van der Waals surface area contributed by atoms with E-state index in [1.54, 1.807) is 19.1 Å². The summed E-state index contributed by atoms with van der Waals surface area (Å²) in [5.41, 5.74) is 0. The zero-order chi connectivity index (χ0) is 15.1. The maximum atomic E-state index is 13.0. The maximum Gasteiger partial charge on any atom is 0.320 e. The number of carbonyl (C=O) groups excluding carboxylic acids is 1. The summed E-state index contributed by atoms with van der Waals surface area (Å²) in [5, 5.41) is 0. The summed E-state index contributed by atoms with van der Waals surface area (Å²) < 4.78 is 29.1. The topological polar surface area (TPSA) is 48.0 Å². The van der Waals surface area contributed by atoms with Crippen molar-refractivity contribution in [2.45, 2.75) is 13.0 Å². The predicted octanol–water partition coefficient (Wildman–Crippen LogP) is 1.47. The number of carbonyl (C=O) groups is 1. The summed E-state index contributed by atoms with van der Waals surface area (Å²) in [5.74, 6) is -0.0914. The van der Waals surface area contributed by atoms with Crippen molar-refractivity contribution in [3.63, 3.8) is 0 Å². The quantitative estimate of drug-likeness (QED) is 0.744. The van der Waals surface area contributed by atoms with Crippen molar-refractivity contribution >= 4 is 5.97 Å². The van der Waals surface area contributed by atoms with E-state index in [-0.39, 0.29) is 24.4 Å². The van der Waals surface area contributed by atoms with Gasteiger partial charge in [0.2, 0.25) is 0 Å². The highest BCUT2D eigenvalue weighted by Gasteiger charge is 2.23. The van der Waals surface area contributed by atoms with Crippen LogP contribution in [0.25, 0.3) is 0 Å². The van der Waals surface area contributed by atoms with Crippen LogP contribution in [0.15, 0.2) is 24.3 Å². The Balaban J connectivity index is 1.77. The van der Waals surface area contributed by atoms with Crippen LogP contribution in [0.4, 0.5) is 4.39 Å². The monoisotopic (exact) mass is 297 g/mol. The second kappa shape index (κ2) is 7.95. The number of ether oxygens (including phenoxy) is 3. The summed E-state index contributed by atoms with van der Waals surface area (Å²) in [6.07, 6.45) is -0.142. The number of esters is 1. The number of hydrogen-bond donors (Lipinski definition) is 0.